The summed E-state index contributed by atoms with van der Waals surface area (Å²) >= 11 is 0. The van der Waals surface area contributed by atoms with Gasteiger partial charge in [0.15, 0.2) is 0 Å². The van der Waals surface area contributed by atoms with Crippen LogP contribution in [0.2, 0.25) is 0 Å². The van der Waals surface area contributed by atoms with E-state index in [1.54, 1.807) is 39.4 Å². The number of phenols is 1. The van der Waals surface area contributed by atoms with Crippen LogP contribution in [0.15, 0.2) is 66.7 Å². The van der Waals surface area contributed by atoms with Crippen LogP contribution in [0.5, 0.6) is 5.75 Å². The number of hydrogen-bond acceptors (Lipinski definition) is 5. The van der Waals surface area contributed by atoms with E-state index in [1.165, 1.54) is 11.0 Å². The predicted octanol–water partition coefficient (Wildman–Crippen LogP) is 5.29. The van der Waals surface area contributed by atoms with E-state index < -0.39 is 6.10 Å². The van der Waals surface area contributed by atoms with Gasteiger partial charge in [-0.3, -0.25) is 4.79 Å². The number of amides is 1. The number of aliphatic hydroxyl groups excluding tert-OH is 1. The molecule has 0 aliphatic heterocycles. The largest absolute Gasteiger partial charge is 0.507 e. The Bertz CT molecular complexity index is 1280. The van der Waals surface area contributed by atoms with Crippen LogP contribution in [0.25, 0.3) is 27.7 Å². The third-order valence-corrected chi connectivity index (χ3v) is 5.86. The molecule has 3 aromatic rings. The zero-order valence-corrected chi connectivity index (χ0v) is 20.9. The number of carbonyl (C=O) groups excluding carboxylic acids is 1. The minimum absolute atomic E-state index is 0.0812. The van der Waals surface area contributed by atoms with Crippen molar-refractivity contribution in [2.75, 3.05) is 20.7 Å². The van der Waals surface area contributed by atoms with Crippen molar-refractivity contribution in [1.29, 1.82) is 0 Å². The third kappa shape index (κ3) is 6.39. The van der Waals surface area contributed by atoms with Gasteiger partial charge in [0.05, 0.1) is 24.5 Å². The number of aliphatic hydroxyl groups is 1. The zero-order valence-electron chi connectivity index (χ0n) is 20.9. The Morgan fingerprint density at radius 1 is 1.17 bits per heavy atom. The standard InChI is InChI=1S/C28H33N3O4/c1-18(8-6-7-9-20(3)35-5)25-17-30-27-23(25)15-22(16-29-27)21-10-11-26(33)24(14-21)28(34)31(4)13-12-19(2)32/h6-11,14-17,19,32-33H,12-13H2,1-5H3,(H,29,30)/b7-6-,18-8+,20-9+. The topological polar surface area (TPSA) is 98.7 Å². The number of methoxy groups -OCH3 is 1. The number of fused-ring (bicyclic) bond motifs is 1. The molecule has 0 bridgehead atoms. The van der Waals surface area contributed by atoms with Gasteiger partial charge in [0.1, 0.15) is 11.4 Å². The average molecular weight is 476 g/mol. The molecular formula is C28H33N3O4. The van der Waals surface area contributed by atoms with Crippen molar-refractivity contribution in [3.8, 4) is 16.9 Å². The Hall–Kier alpha value is -3.84. The van der Waals surface area contributed by atoms with Gasteiger partial charge in [-0.15, -0.1) is 0 Å². The maximum absolute atomic E-state index is 12.9. The maximum Gasteiger partial charge on any atom is 0.257 e. The first-order valence-electron chi connectivity index (χ1n) is 11.5. The van der Waals surface area contributed by atoms with E-state index in [4.69, 9.17) is 4.74 Å². The second-order valence-corrected chi connectivity index (χ2v) is 8.63. The van der Waals surface area contributed by atoms with Crippen LogP contribution in [0.4, 0.5) is 0 Å². The molecule has 1 unspecified atom stereocenters. The van der Waals surface area contributed by atoms with Crippen molar-refractivity contribution in [3.05, 3.63) is 77.8 Å². The van der Waals surface area contributed by atoms with Gasteiger partial charge in [0.25, 0.3) is 5.91 Å². The van der Waals surface area contributed by atoms with Crippen molar-refractivity contribution in [3.63, 3.8) is 0 Å². The van der Waals surface area contributed by atoms with Gasteiger partial charge in [-0.1, -0.05) is 24.3 Å². The normalized spacial score (nSPS) is 13.4. The van der Waals surface area contributed by atoms with E-state index in [0.717, 1.165) is 39.1 Å². The van der Waals surface area contributed by atoms with Crippen LogP contribution >= 0.6 is 0 Å². The summed E-state index contributed by atoms with van der Waals surface area (Å²) in [5.74, 6) is 0.446. The summed E-state index contributed by atoms with van der Waals surface area (Å²) < 4.78 is 5.13. The average Bonchev–Trinajstić information content (AvgIpc) is 3.28. The molecule has 0 saturated heterocycles. The van der Waals surface area contributed by atoms with Crippen LogP contribution in [-0.4, -0.2) is 57.8 Å². The molecule has 2 aromatic heterocycles. The lowest BCUT2D eigenvalue weighted by atomic mass is 10.0. The molecule has 1 aromatic carbocycles. The summed E-state index contributed by atoms with van der Waals surface area (Å²) in [6.45, 7) is 6.00. The number of benzene rings is 1. The summed E-state index contributed by atoms with van der Waals surface area (Å²) in [5, 5.41) is 20.8. The number of nitrogens with one attached hydrogen (secondary N) is 1. The van der Waals surface area contributed by atoms with Gasteiger partial charge in [-0.05, 0) is 62.6 Å². The van der Waals surface area contributed by atoms with Crippen LogP contribution in [0, 0.1) is 0 Å². The number of pyridine rings is 1. The Morgan fingerprint density at radius 3 is 2.63 bits per heavy atom. The monoisotopic (exact) mass is 475 g/mol. The summed E-state index contributed by atoms with van der Waals surface area (Å²) in [4.78, 5) is 22.2. The van der Waals surface area contributed by atoms with Crippen molar-refractivity contribution in [1.82, 2.24) is 14.9 Å². The quantitative estimate of drug-likeness (QED) is 0.289. The van der Waals surface area contributed by atoms with E-state index in [-0.39, 0.29) is 17.2 Å². The molecule has 3 rings (SSSR count). The van der Waals surface area contributed by atoms with Crippen LogP contribution in [-0.2, 0) is 4.74 Å². The van der Waals surface area contributed by atoms with Gasteiger partial charge in [-0.2, -0.15) is 0 Å². The fourth-order valence-electron chi connectivity index (χ4n) is 3.61. The lowest BCUT2D eigenvalue weighted by Gasteiger charge is -2.19. The zero-order chi connectivity index (χ0) is 25.5. The molecule has 7 heteroatoms. The molecule has 0 saturated carbocycles. The van der Waals surface area contributed by atoms with Gasteiger partial charge in [-0.25, -0.2) is 4.98 Å². The first kappa shape index (κ1) is 25.8. The fourth-order valence-corrected chi connectivity index (χ4v) is 3.61. The summed E-state index contributed by atoms with van der Waals surface area (Å²) in [7, 11) is 3.30. The molecule has 1 amide bonds. The summed E-state index contributed by atoms with van der Waals surface area (Å²) in [6, 6.07) is 7.01. The molecule has 0 radical (unpaired) electrons. The van der Waals surface area contributed by atoms with Crippen LogP contribution in [0.1, 0.15) is 43.1 Å². The van der Waals surface area contributed by atoms with Crippen LogP contribution in [0.3, 0.4) is 0 Å². The van der Waals surface area contributed by atoms with E-state index >= 15 is 0 Å². The van der Waals surface area contributed by atoms with Gasteiger partial charge >= 0.3 is 0 Å². The number of aromatic hydroxyl groups is 1. The van der Waals surface area contributed by atoms with E-state index in [0.29, 0.717) is 13.0 Å². The SMILES string of the molecule is CO/C(C)=C/C=C\C=C(/C)c1c[nH]c2ncc(-c3ccc(O)c(C(=O)N(C)CCC(C)O)c3)cc12. The number of H-pyrrole nitrogens is 1. The molecule has 7 nitrogen and oxygen atoms in total. The van der Waals surface area contributed by atoms with Gasteiger partial charge in [0, 0.05) is 42.5 Å². The number of phenolic OH excluding ortho intramolecular Hbond substituents is 1. The smallest absolute Gasteiger partial charge is 0.257 e. The Labute approximate surface area is 206 Å². The van der Waals surface area contributed by atoms with Crippen LogP contribution < -0.4 is 0 Å². The fraction of sp³-hybridized carbons (Fsp3) is 0.286. The molecule has 3 N–H and O–H groups in total. The van der Waals surface area contributed by atoms with Gasteiger partial charge in [0.2, 0.25) is 0 Å². The first-order valence-corrected chi connectivity index (χ1v) is 11.5. The highest BCUT2D eigenvalue weighted by Crippen LogP contribution is 2.31. The number of nitrogens with zero attached hydrogens (tertiary/aromatic N) is 2. The van der Waals surface area contributed by atoms with Crippen molar-refractivity contribution in [2.45, 2.75) is 33.3 Å². The number of rotatable bonds is 9. The second-order valence-electron chi connectivity index (χ2n) is 8.63. The molecule has 2 heterocycles. The van der Waals surface area contributed by atoms with Crippen molar-refractivity contribution in [2.24, 2.45) is 0 Å². The van der Waals surface area contributed by atoms with Crippen molar-refractivity contribution >= 4 is 22.5 Å². The second kappa shape index (κ2) is 11.5. The Kier molecular flexibility index (Phi) is 8.49. The summed E-state index contributed by atoms with van der Waals surface area (Å²) in [5.41, 5.74) is 4.68. The van der Waals surface area contributed by atoms with E-state index in [1.807, 2.05) is 50.4 Å². The highest BCUT2D eigenvalue weighted by Gasteiger charge is 2.18. The number of allylic oxidation sites excluding steroid dienone is 6. The molecule has 184 valence electrons. The lowest BCUT2D eigenvalue weighted by molar-refractivity contribution is 0.0766. The Balaban J connectivity index is 1.92. The number of carbonyl (C=O) groups is 1. The molecule has 0 spiro atoms. The third-order valence-electron chi connectivity index (χ3n) is 5.86. The first-order chi connectivity index (χ1) is 16.7. The summed E-state index contributed by atoms with van der Waals surface area (Å²) in [6.07, 6.45) is 11.4. The van der Waals surface area contributed by atoms with E-state index in [9.17, 15) is 15.0 Å². The highest BCUT2D eigenvalue weighted by atomic mass is 16.5. The number of aromatic amines is 1. The molecule has 0 aliphatic carbocycles. The molecular weight excluding hydrogens is 442 g/mol. The maximum atomic E-state index is 12.9. The molecule has 0 aliphatic rings. The number of hydrogen-bond donors (Lipinski definition) is 3. The highest BCUT2D eigenvalue weighted by molar-refractivity contribution is 5.98. The Morgan fingerprint density at radius 2 is 1.91 bits per heavy atom. The predicted molar refractivity (Wildman–Crippen MR) is 140 cm³/mol. The number of ether oxygens (including phenoxy) is 1. The lowest BCUT2D eigenvalue weighted by Crippen LogP contribution is -2.29. The van der Waals surface area contributed by atoms with Gasteiger partial charge < -0.3 is 24.8 Å². The minimum atomic E-state index is -0.502. The minimum Gasteiger partial charge on any atom is -0.507 e. The number of aromatic nitrogens is 2. The molecule has 35 heavy (non-hydrogen) atoms. The molecule has 0 fully saturated rings. The van der Waals surface area contributed by atoms with Crippen molar-refractivity contribution < 1.29 is 19.7 Å². The molecule has 1 atom stereocenters. The van der Waals surface area contributed by atoms with E-state index in [2.05, 4.69) is 9.97 Å².